The number of hydrogen-bond donors (Lipinski definition) is 0. The first-order chi connectivity index (χ1) is 19.8. The quantitative estimate of drug-likeness (QED) is 0.187. The molecule has 4 rings (SSSR count). The summed E-state index contributed by atoms with van der Waals surface area (Å²) in [6.45, 7) is 15.1. The largest absolute Gasteiger partial charge is 0.356 e. The number of carbonyl (C=O) groups is 1. The maximum absolute atomic E-state index is 14.0. The molecule has 3 aromatic rings. The molecule has 5 heteroatoms. The highest BCUT2D eigenvalue weighted by Crippen LogP contribution is 2.26. The molecule has 1 aliphatic rings. The number of likely N-dealkylation sites (tertiary alicyclic amines) is 1. The minimum Gasteiger partial charge on any atom is -0.356 e. The standard InChI is InChI=1S/C36H51N3O2/c1-6-7-8-9-29-10-16-32(17-11-29)36(40)39(34-19-22-38(23-20-34)21-18-27(2)3)26-30-12-14-31(15-13-30)35-25-33(37-41-35)24-28(4)5/h10-17,25,27-28,34H,6-9,18-24,26H2,1-5H3. The van der Waals surface area contributed by atoms with Gasteiger partial charge >= 0.3 is 0 Å². The molecule has 1 fully saturated rings. The Bertz CT molecular complexity index is 1190. The number of hydrogen-bond acceptors (Lipinski definition) is 4. The zero-order chi connectivity index (χ0) is 29.2. The first-order valence-electron chi connectivity index (χ1n) is 16.0. The van der Waals surface area contributed by atoms with Crippen LogP contribution in [0.3, 0.4) is 0 Å². The molecule has 1 aromatic heterocycles. The van der Waals surface area contributed by atoms with Gasteiger partial charge in [-0.05, 0) is 80.2 Å². The van der Waals surface area contributed by atoms with Gasteiger partial charge in [-0.25, -0.2) is 0 Å². The topological polar surface area (TPSA) is 49.6 Å². The molecule has 5 nitrogen and oxygen atoms in total. The summed E-state index contributed by atoms with van der Waals surface area (Å²) in [5.74, 6) is 2.20. The molecular formula is C36H51N3O2. The van der Waals surface area contributed by atoms with Gasteiger partial charge in [-0.2, -0.15) is 0 Å². The lowest BCUT2D eigenvalue weighted by molar-refractivity contribution is 0.0546. The molecule has 1 amide bonds. The molecule has 0 atom stereocenters. The van der Waals surface area contributed by atoms with Crippen molar-refractivity contribution in [1.82, 2.24) is 15.0 Å². The maximum Gasteiger partial charge on any atom is 0.254 e. The van der Waals surface area contributed by atoms with Gasteiger partial charge in [-0.3, -0.25) is 4.79 Å². The summed E-state index contributed by atoms with van der Waals surface area (Å²) in [5, 5.41) is 4.25. The molecule has 1 aliphatic heterocycles. The van der Waals surface area contributed by atoms with Gasteiger partial charge in [-0.15, -0.1) is 0 Å². The second-order valence-corrected chi connectivity index (χ2v) is 12.8. The molecule has 0 aliphatic carbocycles. The zero-order valence-electron chi connectivity index (χ0n) is 26.1. The van der Waals surface area contributed by atoms with Gasteiger partial charge < -0.3 is 14.3 Å². The molecule has 1 saturated heterocycles. The molecule has 2 aromatic carbocycles. The highest BCUT2D eigenvalue weighted by atomic mass is 16.5. The Hall–Kier alpha value is -2.92. The SMILES string of the molecule is CCCCCc1ccc(C(=O)N(Cc2ccc(-c3cc(CC(C)C)no3)cc2)C2CCN(CCC(C)C)CC2)cc1. The number of rotatable bonds is 14. The van der Waals surface area contributed by atoms with Crippen LogP contribution in [0.15, 0.2) is 59.1 Å². The van der Waals surface area contributed by atoms with Crippen molar-refractivity contribution < 1.29 is 9.32 Å². The average molecular weight is 558 g/mol. The molecule has 222 valence electrons. The van der Waals surface area contributed by atoms with Gasteiger partial charge in [0.1, 0.15) is 0 Å². The number of amides is 1. The van der Waals surface area contributed by atoms with Crippen molar-refractivity contribution in [3.05, 3.63) is 77.0 Å². The zero-order valence-corrected chi connectivity index (χ0v) is 26.1. The fourth-order valence-electron chi connectivity index (χ4n) is 5.75. The first-order valence-corrected chi connectivity index (χ1v) is 16.0. The van der Waals surface area contributed by atoms with Crippen molar-refractivity contribution in [2.45, 2.75) is 98.6 Å². The van der Waals surface area contributed by atoms with Crippen LogP contribution in [0.2, 0.25) is 0 Å². The first kappa shape index (κ1) is 31.0. The minimum absolute atomic E-state index is 0.142. The highest BCUT2D eigenvalue weighted by molar-refractivity contribution is 5.94. The van der Waals surface area contributed by atoms with Crippen LogP contribution in [-0.4, -0.2) is 46.5 Å². The Labute approximate surface area is 248 Å². The van der Waals surface area contributed by atoms with Crippen LogP contribution < -0.4 is 0 Å². The Kier molecular flexibility index (Phi) is 11.6. The average Bonchev–Trinajstić information content (AvgIpc) is 3.43. The third-order valence-electron chi connectivity index (χ3n) is 8.32. The lowest BCUT2D eigenvalue weighted by Gasteiger charge is -2.39. The van der Waals surface area contributed by atoms with Gasteiger partial charge in [0, 0.05) is 42.9 Å². The predicted molar refractivity (Wildman–Crippen MR) is 169 cm³/mol. The summed E-state index contributed by atoms with van der Waals surface area (Å²) in [6.07, 6.45) is 8.94. The molecule has 0 N–H and O–H groups in total. The van der Waals surface area contributed by atoms with Crippen molar-refractivity contribution in [2.24, 2.45) is 11.8 Å². The van der Waals surface area contributed by atoms with Gasteiger partial charge in [0.05, 0.1) is 5.69 Å². The van der Waals surface area contributed by atoms with Crippen molar-refractivity contribution in [1.29, 1.82) is 0 Å². The van der Waals surface area contributed by atoms with Crippen molar-refractivity contribution in [3.8, 4) is 11.3 Å². The Balaban J connectivity index is 1.47. The monoisotopic (exact) mass is 557 g/mol. The van der Waals surface area contributed by atoms with E-state index in [0.29, 0.717) is 12.5 Å². The van der Waals surface area contributed by atoms with Crippen LogP contribution in [0.1, 0.15) is 100 Å². The second kappa shape index (κ2) is 15.3. The number of aryl methyl sites for hydroxylation is 1. The van der Waals surface area contributed by atoms with Crippen LogP contribution in [-0.2, 0) is 19.4 Å². The number of unbranched alkanes of at least 4 members (excludes halogenated alkanes) is 2. The number of piperidine rings is 1. The van der Waals surface area contributed by atoms with Crippen molar-refractivity contribution in [2.75, 3.05) is 19.6 Å². The maximum atomic E-state index is 14.0. The summed E-state index contributed by atoms with van der Waals surface area (Å²) in [7, 11) is 0. The highest BCUT2D eigenvalue weighted by Gasteiger charge is 2.29. The lowest BCUT2D eigenvalue weighted by atomic mass is 9.99. The number of aromatic nitrogens is 1. The van der Waals surface area contributed by atoms with E-state index in [2.05, 4.69) is 86.0 Å². The predicted octanol–water partition coefficient (Wildman–Crippen LogP) is 8.43. The molecule has 2 heterocycles. The number of benzene rings is 2. The van der Waals surface area contributed by atoms with E-state index in [-0.39, 0.29) is 11.9 Å². The summed E-state index contributed by atoms with van der Waals surface area (Å²) < 4.78 is 5.63. The molecule has 41 heavy (non-hydrogen) atoms. The van der Waals surface area contributed by atoms with Crippen molar-refractivity contribution in [3.63, 3.8) is 0 Å². The third kappa shape index (κ3) is 9.29. The third-order valence-corrected chi connectivity index (χ3v) is 8.32. The number of carbonyl (C=O) groups excluding carboxylic acids is 1. The van der Waals surface area contributed by atoms with Crippen molar-refractivity contribution >= 4 is 5.91 Å². The van der Waals surface area contributed by atoms with E-state index < -0.39 is 0 Å². The Morgan fingerprint density at radius 1 is 0.951 bits per heavy atom. The fourth-order valence-corrected chi connectivity index (χ4v) is 5.75. The Morgan fingerprint density at radius 2 is 1.63 bits per heavy atom. The van der Waals surface area contributed by atoms with E-state index >= 15 is 0 Å². The Morgan fingerprint density at radius 3 is 2.27 bits per heavy atom. The molecule has 0 unspecified atom stereocenters. The minimum atomic E-state index is 0.142. The van der Waals surface area contributed by atoms with E-state index in [4.69, 9.17) is 4.52 Å². The number of nitrogens with zero attached hydrogens (tertiary/aromatic N) is 3. The van der Waals surface area contributed by atoms with E-state index in [9.17, 15) is 4.79 Å². The van der Waals surface area contributed by atoms with Gasteiger partial charge in [-0.1, -0.05) is 89.0 Å². The van der Waals surface area contributed by atoms with Crippen LogP contribution in [0.4, 0.5) is 0 Å². The molecule has 0 saturated carbocycles. The van der Waals surface area contributed by atoms with E-state index in [0.717, 1.165) is 79.4 Å². The van der Waals surface area contributed by atoms with Crippen LogP contribution >= 0.6 is 0 Å². The van der Waals surface area contributed by atoms with Crippen LogP contribution in [0.25, 0.3) is 11.3 Å². The molecule has 0 spiro atoms. The summed E-state index contributed by atoms with van der Waals surface area (Å²) in [6, 6.07) is 19.1. The summed E-state index contributed by atoms with van der Waals surface area (Å²) in [4.78, 5) is 18.7. The summed E-state index contributed by atoms with van der Waals surface area (Å²) in [5.41, 5.74) is 5.27. The lowest BCUT2D eigenvalue weighted by Crippen LogP contribution is -2.47. The van der Waals surface area contributed by atoms with E-state index in [1.165, 1.54) is 31.2 Å². The summed E-state index contributed by atoms with van der Waals surface area (Å²) >= 11 is 0. The van der Waals surface area contributed by atoms with Crippen LogP contribution in [0.5, 0.6) is 0 Å². The second-order valence-electron chi connectivity index (χ2n) is 12.8. The molecule has 0 bridgehead atoms. The van der Waals surface area contributed by atoms with Gasteiger partial charge in [0.15, 0.2) is 5.76 Å². The van der Waals surface area contributed by atoms with Gasteiger partial charge in [0.25, 0.3) is 5.91 Å². The van der Waals surface area contributed by atoms with E-state index in [1.807, 2.05) is 18.2 Å². The molecular weight excluding hydrogens is 506 g/mol. The fraction of sp³-hybridized carbons (Fsp3) is 0.556. The van der Waals surface area contributed by atoms with E-state index in [1.54, 1.807) is 0 Å². The molecule has 0 radical (unpaired) electrons. The smallest absolute Gasteiger partial charge is 0.254 e. The normalized spacial score (nSPS) is 14.7. The van der Waals surface area contributed by atoms with Crippen LogP contribution in [0, 0.1) is 11.8 Å². The van der Waals surface area contributed by atoms with Gasteiger partial charge in [0.2, 0.25) is 0 Å².